The normalized spacial score (nSPS) is 11.4. The second-order valence-electron chi connectivity index (χ2n) is 3.91. The molecule has 102 valence electrons. The lowest BCUT2D eigenvalue weighted by Crippen LogP contribution is -2.23. The van der Waals surface area contributed by atoms with Gasteiger partial charge in [0.1, 0.15) is 0 Å². The summed E-state index contributed by atoms with van der Waals surface area (Å²) in [6.45, 7) is 2.61. The van der Waals surface area contributed by atoms with Gasteiger partial charge in [-0.25, -0.2) is 0 Å². The lowest BCUT2D eigenvalue weighted by Gasteiger charge is -2.02. The van der Waals surface area contributed by atoms with E-state index in [4.69, 9.17) is 8.97 Å². The Morgan fingerprint density at radius 2 is 2.06 bits per heavy atom. The summed E-state index contributed by atoms with van der Waals surface area (Å²) in [6, 6.07) is 2.26. The fourth-order valence-corrected chi connectivity index (χ4v) is 1.86. The third-order valence-electron chi connectivity index (χ3n) is 2.38. The molecule has 0 aliphatic rings. The van der Waals surface area contributed by atoms with E-state index in [2.05, 4.69) is 12.2 Å². The van der Waals surface area contributed by atoms with Crippen LogP contribution in [0.25, 0.3) is 0 Å². The summed E-state index contributed by atoms with van der Waals surface area (Å²) >= 11 is 0. The quantitative estimate of drug-likeness (QED) is 0.584. The highest BCUT2D eigenvalue weighted by Crippen LogP contribution is 2.13. The van der Waals surface area contributed by atoms with E-state index in [1.807, 2.05) is 0 Å². The Morgan fingerprint density at radius 3 is 2.61 bits per heavy atom. The Hall–Kier alpha value is -1.34. The molecule has 0 aliphatic heterocycles. The molecule has 6 nitrogen and oxygen atoms in total. The number of furan rings is 1. The summed E-state index contributed by atoms with van der Waals surface area (Å²) in [4.78, 5) is 11.5. The molecule has 7 heteroatoms. The minimum absolute atomic E-state index is 0.127. The molecule has 0 bridgehead atoms. The van der Waals surface area contributed by atoms with Crippen molar-refractivity contribution in [2.75, 3.05) is 6.54 Å². The van der Waals surface area contributed by atoms with Crippen LogP contribution in [0.3, 0.4) is 0 Å². The molecular formula is C11H17NO5S. The van der Waals surface area contributed by atoms with Gasteiger partial charge in [-0.2, -0.15) is 8.42 Å². The number of hydrogen-bond acceptors (Lipinski definition) is 4. The number of carbonyl (C=O) groups excluding carboxylic acids is 1. The zero-order valence-corrected chi connectivity index (χ0v) is 11.0. The summed E-state index contributed by atoms with van der Waals surface area (Å²) in [5.74, 6) is -0.612. The highest BCUT2D eigenvalue weighted by atomic mass is 32.2. The van der Waals surface area contributed by atoms with Crippen molar-refractivity contribution in [1.29, 1.82) is 0 Å². The summed E-state index contributed by atoms with van der Waals surface area (Å²) < 4.78 is 34.9. The Kier molecular flexibility index (Phi) is 5.36. The SMILES string of the molecule is CCCCCCNC(=O)c1ccc(S(=O)(=O)O)o1. The zero-order chi connectivity index (χ0) is 13.6. The first-order valence-electron chi connectivity index (χ1n) is 5.80. The third-order valence-corrected chi connectivity index (χ3v) is 3.10. The van der Waals surface area contributed by atoms with Crippen molar-refractivity contribution in [2.24, 2.45) is 0 Å². The van der Waals surface area contributed by atoms with Crippen LogP contribution < -0.4 is 5.32 Å². The number of rotatable bonds is 7. The number of nitrogens with one attached hydrogen (secondary N) is 1. The highest BCUT2D eigenvalue weighted by Gasteiger charge is 2.18. The van der Waals surface area contributed by atoms with Crippen LogP contribution in [0.5, 0.6) is 0 Å². The van der Waals surface area contributed by atoms with Crippen LogP contribution in [0.1, 0.15) is 43.2 Å². The number of amides is 1. The van der Waals surface area contributed by atoms with E-state index in [0.717, 1.165) is 31.7 Å². The van der Waals surface area contributed by atoms with E-state index in [9.17, 15) is 13.2 Å². The van der Waals surface area contributed by atoms with Crippen LogP contribution in [0.2, 0.25) is 0 Å². The van der Waals surface area contributed by atoms with E-state index < -0.39 is 21.1 Å². The van der Waals surface area contributed by atoms with Gasteiger partial charge >= 0.3 is 10.1 Å². The van der Waals surface area contributed by atoms with Crippen LogP contribution in [0.15, 0.2) is 21.6 Å². The maximum Gasteiger partial charge on any atom is 0.328 e. The van der Waals surface area contributed by atoms with Crippen molar-refractivity contribution < 1.29 is 22.2 Å². The lowest BCUT2D eigenvalue weighted by atomic mass is 10.2. The van der Waals surface area contributed by atoms with Gasteiger partial charge in [0.2, 0.25) is 5.09 Å². The van der Waals surface area contributed by atoms with Gasteiger partial charge in [0, 0.05) is 6.54 Å². The van der Waals surface area contributed by atoms with Crippen molar-refractivity contribution in [3.63, 3.8) is 0 Å². The van der Waals surface area contributed by atoms with E-state index in [-0.39, 0.29) is 5.76 Å². The number of unbranched alkanes of at least 4 members (excludes halogenated alkanes) is 3. The van der Waals surface area contributed by atoms with Gasteiger partial charge in [-0.3, -0.25) is 9.35 Å². The van der Waals surface area contributed by atoms with Gasteiger partial charge < -0.3 is 9.73 Å². The molecule has 1 heterocycles. The Labute approximate surface area is 106 Å². The maximum atomic E-state index is 11.5. The van der Waals surface area contributed by atoms with Gasteiger partial charge in [0.15, 0.2) is 5.76 Å². The standard InChI is InChI=1S/C11H17NO5S/c1-2-3-4-5-8-12-11(13)9-6-7-10(17-9)18(14,15)16/h6-7H,2-5,8H2,1H3,(H,12,13)(H,14,15,16). The van der Waals surface area contributed by atoms with E-state index in [1.54, 1.807) is 0 Å². The lowest BCUT2D eigenvalue weighted by molar-refractivity contribution is 0.0919. The predicted molar refractivity (Wildman–Crippen MR) is 65.0 cm³/mol. The largest absolute Gasteiger partial charge is 0.437 e. The third kappa shape index (κ3) is 4.50. The molecule has 0 fully saturated rings. The molecule has 0 saturated heterocycles. The Bertz CT molecular complexity index is 491. The molecule has 0 unspecified atom stereocenters. The molecular weight excluding hydrogens is 258 g/mol. The van der Waals surface area contributed by atoms with Crippen molar-refractivity contribution in [3.05, 3.63) is 17.9 Å². The van der Waals surface area contributed by atoms with Crippen molar-refractivity contribution >= 4 is 16.0 Å². The summed E-state index contributed by atoms with van der Waals surface area (Å²) in [6.07, 6.45) is 4.13. The Morgan fingerprint density at radius 1 is 1.33 bits per heavy atom. The van der Waals surface area contributed by atoms with E-state index in [1.165, 1.54) is 6.07 Å². The van der Waals surface area contributed by atoms with Gasteiger partial charge in [-0.15, -0.1) is 0 Å². The molecule has 0 saturated carbocycles. The van der Waals surface area contributed by atoms with Gasteiger partial charge in [-0.1, -0.05) is 26.2 Å². The van der Waals surface area contributed by atoms with Crippen molar-refractivity contribution in [3.8, 4) is 0 Å². The number of carbonyl (C=O) groups is 1. The number of hydrogen-bond donors (Lipinski definition) is 2. The average Bonchev–Trinajstić information content (AvgIpc) is 2.77. The smallest absolute Gasteiger partial charge is 0.328 e. The van der Waals surface area contributed by atoms with Crippen LogP contribution in [0.4, 0.5) is 0 Å². The molecule has 2 N–H and O–H groups in total. The molecule has 0 aliphatic carbocycles. The van der Waals surface area contributed by atoms with Gasteiger partial charge in [-0.05, 0) is 18.6 Å². The second-order valence-corrected chi connectivity index (χ2v) is 5.26. The topological polar surface area (TPSA) is 96.6 Å². The summed E-state index contributed by atoms with van der Waals surface area (Å²) in [5.41, 5.74) is 0. The van der Waals surface area contributed by atoms with Gasteiger partial charge in [0.05, 0.1) is 0 Å². The first-order chi connectivity index (χ1) is 8.45. The fourth-order valence-electron chi connectivity index (χ4n) is 1.42. The fraction of sp³-hybridized carbons (Fsp3) is 0.545. The monoisotopic (exact) mass is 275 g/mol. The minimum Gasteiger partial charge on any atom is -0.437 e. The first-order valence-corrected chi connectivity index (χ1v) is 7.24. The van der Waals surface area contributed by atoms with Crippen LogP contribution in [-0.2, 0) is 10.1 Å². The molecule has 18 heavy (non-hydrogen) atoms. The van der Waals surface area contributed by atoms with Gasteiger partial charge in [0.25, 0.3) is 5.91 Å². The molecule has 1 aromatic heterocycles. The minimum atomic E-state index is -4.39. The molecule has 0 radical (unpaired) electrons. The van der Waals surface area contributed by atoms with Crippen molar-refractivity contribution in [1.82, 2.24) is 5.32 Å². The van der Waals surface area contributed by atoms with E-state index in [0.29, 0.717) is 6.54 Å². The summed E-state index contributed by atoms with van der Waals surface area (Å²) in [5, 5.41) is 1.99. The molecule has 1 aromatic rings. The zero-order valence-electron chi connectivity index (χ0n) is 10.2. The maximum absolute atomic E-state index is 11.5. The molecule has 1 amide bonds. The molecule has 0 spiro atoms. The van der Waals surface area contributed by atoms with Crippen LogP contribution >= 0.6 is 0 Å². The summed E-state index contributed by atoms with van der Waals surface area (Å²) in [7, 11) is -4.39. The highest BCUT2D eigenvalue weighted by molar-refractivity contribution is 7.85. The second kappa shape index (κ2) is 6.55. The van der Waals surface area contributed by atoms with Crippen molar-refractivity contribution in [2.45, 2.75) is 37.7 Å². The first kappa shape index (κ1) is 14.7. The van der Waals surface area contributed by atoms with E-state index >= 15 is 0 Å². The molecule has 0 aromatic carbocycles. The van der Waals surface area contributed by atoms with Crippen LogP contribution in [0, 0.1) is 0 Å². The molecule has 1 rings (SSSR count). The predicted octanol–water partition coefficient (Wildman–Crippen LogP) is 1.84. The molecule has 0 atom stereocenters. The Balaban J connectivity index is 2.45. The van der Waals surface area contributed by atoms with Crippen LogP contribution in [-0.4, -0.2) is 25.4 Å². The average molecular weight is 275 g/mol.